The number of hydrogen-bond acceptors (Lipinski definition) is 5. The Hall–Kier alpha value is -1.10. The SMILES string of the molecule is CCC1(C(=O)OC)COCC(C)(C(=O)OC)C1. The van der Waals surface area contributed by atoms with Gasteiger partial charge in [-0.05, 0) is 19.8 Å². The van der Waals surface area contributed by atoms with E-state index >= 15 is 0 Å². The predicted octanol–water partition coefficient (Wildman–Crippen LogP) is 1.16. The molecule has 98 valence electrons. The summed E-state index contributed by atoms with van der Waals surface area (Å²) in [6.07, 6.45) is 0.974. The molecular formula is C12H20O5. The van der Waals surface area contributed by atoms with E-state index in [-0.39, 0.29) is 18.5 Å². The zero-order valence-electron chi connectivity index (χ0n) is 10.9. The molecule has 0 aromatic carbocycles. The quantitative estimate of drug-likeness (QED) is 0.697. The van der Waals surface area contributed by atoms with Crippen LogP contribution in [0, 0.1) is 10.8 Å². The molecule has 0 saturated carbocycles. The number of rotatable bonds is 3. The van der Waals surface area contributed by atoms with Crippen LogP contribution in [0.5, 0.6) is 0 Å². The number of esters is 2. The molecular weight excluding hydrogens is 224 g/mol. The highest BCUT2D eigenvalue weighted by molar-refractivity contribution is 5.81. The number of hydrogen-bond donors (Lipinski definition) is 0. The van der Waals surface area contributed by atoms with E-state index in [0.29, 0.717) is 19.4 Å². The maximum absolute atomic E-state index is 11.9. The Balaban J connectivity index is 2.97. The molecule has 1 saturated heterocycles. The fourth-order valence-electron chi connectivity index (χ4n) is 2.42. The van der Waals surface area contributed by atoms with Crippen molar-refractivity contribution in [2.75, 3.05) is 27.4 Å². The largest absolute Gasteiger partial charge is 0.469 e. The molecule has 5 heteroatoms. The van der Waals surface area contributed by atoms with Gasteiger partial charge >= 0.3 is 11.9 Å². The number of carbonyl (C=O) groups excluding carboxylic acids is 2. The molecule has 0 N–H and O–H groups in total. The Morgan fingerprint density at radius 2 is 1.76 bits per heavy atom. The van der Waals surface area contributed by atoms with Gasteiger partial charge in [0.1, 0.15) is 0 Å². The second kappa shape index (κ2) is 5.04. The topological polar surface area (TPSA) is 61.8 Å². The first-order valence-electron chi connectivity index (χ1n) is 5.69. The van der Waals surface area contributed by atoms with Gasteiger partial charge in [-0.3, -0.25) is 9.59 Å². The molecule has 1 fully saturated rings. The summed E-state index contributed by atoms with van der Waals surface area (Å²) in [4.78, 5) is 23.6. The zero-order valence-corrected chi connectivity index (χ0v) is 10.9. The van der Waals surface area contributed by atoms with Crippen molar-refractivity contribution in [3.05, 3.63) is 0 Å². The number of carbonyl (C=O) groups is 2. The molecule has 1 aliphatic rings. The number of ether oxygens (including phenoxy) is 3. The van der Waals surface area contributed by atoms with Gasteiger partial charge in [0.2, 0.25) is 0 Å². The lowest BCUT2D eigenvalue weighted by Crippen LogP contribution is -2.50. The maximum Gasteiger partial charge on any atom is 0.314 e. The van der Waals surface area contributed by atoms with Crippen LogP contribution in [0.3, 0.4) is 0 Å². The van der Waals surface area contributed by atoms with Crippen molar-refractivity contribution in [2.45, 2.75) is 26.7 Å². The Labute approximate surface area is 101 Å². The van der Waals surface area contributed by atoms with Gasteiger partial charge in [0.25, 0.3) is 0 Å². The summed E-state index contributed by atoms with van der Waals surface area (Å²) in [6, 6.07) is 0. The third kappa shape index (κ3) is 2.44. The highest BCUT2D eigenvalue weighted by Crippen LogP contribution is 2.43. The monoisotopic (exact) mass is 244 g/mol. The van der Waals surface area contributed by atoms with Crippen molar-refractivity contribution >= 4 is 11.9 Å². The van der Waals surface area contributed by atoms with E-state index < -0.39 is 10.8 Å². The van der Waals surface area contributed by atoms with Crippen molar-refractivity contribution in [3.63, 3.8) is 0 Å². The lowest BCUT2D eigenvalue weighted by atomic mass is 9.69. The summed E-state index contributed by atoms with van der Waals surface area (Å²) in [5.41, 5.74) is -1.52. The van der Waals surface area contributed by atoms with Crippen LogP contribution in [0.2, 0.25) is 0 Å². The van der Waals surface area contributed by atoms with Gasteiger partial charge in [0.15, 0.2) is 0 Å². The van der Waals surface area contributed by atoms with E-state index in [0.717, 1.165) is 0 Å². The van der Waals surface area contributed by atoms with Gasteiger partial charge in [-0.15, -0.1) is 0 Å². The second-order valence-electron chi connectivity index (χ2n) is 4.85. The molecule has 0 aliphatic carbocycles. The molecule has 5 nitrogen and oxygen atoms in total. The summed E-state index contributed by atoms with van der Waals surface area (Å²) in [7, 11) is 2.69. The van der Waals surface area contributed by atoms with Crippen LogP contribution in [0.1, 0.15) is 26.7 Å². The second-order valence-corrected chi connectivity index (χ2v) is 4.85. The summed E-state index contributed by atoms with van der Waals surface area (Å²) in [5, 5.41) is 0. The Bertz CT molecular complexity index is 314. The van der Waals surface area contributed by atoms with Crippen LogP contribution >= 0.6 is 0 Å². The Kier molecular flexibility index (Phi) is 4.14. The van der Waals surface area contributed by atoms with Crippen LogP contribution < -0.4 is 0 Å². The summed E-state index contributed by atoms with van der Waals surface area (Å²) in [5.74, 6) is -0.672. The van der Waals surface area contributed by atoms with Crippen molar-refractivity contribution < 1.29 is 23.8 Å². The van der Waals surface area contributed by atoms with E-state index in [1.54, 1.807) is 6.92 Å². The van der Waals surface area contributed by atoms with Crippen LogP contribution in [-0.2, 0) is 23.8 Å². The van der Waals surface area contributed by atoms with Crippen molar-refractivity contribution in [1.82, 2.24) is 0 Å². The number of methoxy groups -OCH3 is 2. The summed E-state index contributed by atoms with van der Waals surface area (Å²) >= 11 is 0. The van der Waals surface area contributed by atoms with Gasteiger partial charge in [-0.25, -0.2) is 0 Å². The fourth-order valence-corrected chi connectivity index (χ4v) is 2.42. The lowest BCUT2D eigenvalue weighted by Gasteiger charge is -2.42. The molecule has 0 amide bonds. The van der Waals surface area contributed by atoms with Crippen molar-refractivity contribution in [3.8, 4) is 0 Å². The minimum Gasteiger partial charge on any atom is -0.469 e. The minimum atomic E-state index is -0.781. The first kappa shape index (κ1) is 14.0. The van der Waals surface area contributed by atoms with Crippen LogP contribution in [0.4, 0.5) is 0 Å². The molecule has 2 atom stereocenters. The van der Waals surface area contributed by atoms with Gasteiger partial charge in [0, 0.05) is 0 Å². The van der Waals surface area contributed by atoms with Crippen LogP contribution in [-0.4, -0.2) is 39.4 Å². The Morgan fingerprint density at radius 3 is 2.24 bits per heavy atom. The molecule has 0 bridgehead atoms. The van der Waals surface area contributed by atoms with Crippen molar-refractivity contribution in [1.29, 1.82) is 0 Å². The standard InChI is InChI=1S/C12H20O5/c1-5-12(10(14)16-4)6-11(2,7-17-8-12)9(13)15-3/h5-8H2,1-4H3. The molecule has 0 aromatic heterocycles. The minimum absolute atomic E-state index is 0.276. The average molecular weight is 244 g/mol. The molecule has 1 rings (SSSR count). The average Bonchev–Trinajstić information content (AvgIpc) is 2.36. The molecule has 0 aromatic rings. The predicted molar refractivity (Wildman–Crippen MR) is 60.3 cm³/mol. The molecule has 1 aliphatic heterocycles. The molecule has 17 heavy (non-hydrogen) atoms. The van der Waals surface area contributed by atoms with Crippen molar-refractivity contribution in [2.24, 2.45) is 10.8 Å². The highest BCUT2D eigenvalue weighted by Gasteiger charge is 2.51. The van der Waals surface area contributed by atoms with E-state index in [1.165, 1.54) is 14.2 Å². The first-order valence-corrected chi connectivity index (χ1v) is 5.69. The molecule has 0 radical (unpaired) electrons. The van der Waals surface area contributed by atoms with Gasteiger partial charge in [0.05, 0.1) is 38.3 Å². The van der Waals surface area contributed by atoms with Crippen LogP contribution in [0.25, 0.3) is 0 Å². The normalized spacial score (nSPS) is 32.9. The van der Waals surface area contributed by atoms with Gasteiger partial charge in [-0.1, -0.05) is 6.92 Å². The highest BCUT2D eigenvalue weighted by atomic mass is 16.5. The third-order valence-electron chi connectivity index (χ3n) is 3.50. The Morgan fingerprint density at radius 1 is 1.18 bits per heavy atom. The lowest BCUT2D eigenvalue weighted by molar-refractivity contribution is -0.181. The zero-order chi connectivity index (χ0) is 13.1. The molecule has 2 unspecified atom stereocenters. The van der Waals surface area contributed by atoms with Gasteiger partial charge in [-0.2, -0.15) is 0 Å². The fraction of sp³-hybridized carbons (Fsp3) is 0.833. The van der Waals surface area contributed by atoms with Crippen LogP contribution in [0.15, 0.2) is 0 Å². The van der Waals surface area contributed by atoms with E-state index in [9.17, 15) is 9.59 Å². The molecule has 1 heterocycles. The van der Waals surface area contributed by atoms with E-state index in [2.05, 4.69) is 0 Å². The van der Waals surface area contributed by atoms with E-state index in [1.807, 2.05) is 6.92 Å². The summed E-state index contributed by atoms with van der Waals surface area (Å²) < 4.78 is 15.0. The molecule has 0 spiro atoms. The smallest absolute Gasteiger partial charge is 0.314 e. The summed E-state index contributed by atoms with van der Waals surface area (Å²) in [6.45, 7) is 4.22. The maximum atomic E-state index is 11.9. The van der Waals surface area contributed by atoms with Gasteiger partial charge < -0.3 is 14.2 Å². The third-order valence-corrected chi connectivity index (χ3v) is 3.50. The van der Waals surface area contributed by atoms with E-state index in [4.69, 9.17) is 14.2 Å². The first-order chi connectivity index (χ1) is 7.94.